The first-order chi connectivity index (χ1) is 8.88. The Kier molecular flexibility index (Phi) is 3.80. The summed E-state index contributed by atoms with van der Waals surface area (Å²) in [5.74, 6) is -1.75. The van der Waals surface area contributed by atoms with E-state index in [-0.39, 0.29) is 0 Å². The van der Waals surface area contributed by atoms with Crippen LogP contribution in [0.25, 0.3) is 0 Å². The van der Waals surface area contributed by atoms with Gasteiger partial charge in [-0.2, -0.15) is 8.42 Å². The maximum atomic E-state index is 11.9. The van der Waals surface area contributed by atoms with Crippen LogP contribution in [0, 0.1) is 3.57 Å². The molecule has 2 rings (SSSR count). The van der Waals surface area contributed by atoms with Gasteiger partial charge in [-0.1, -0.05) is 0 Å². The van der Waals surface area contributed by atoms with Crippen LogP contribution in [0.1, 0.15) is 10.6 Å². The maximum absolute atomic E-state index is 11.9. The van der Waals surface area contributed by atoms with Gasteiger partial charge in [0.2, 0.25) is 10.9 Å². The Labute approximate surface area is 122 Å². The van der Waals surface area contributed by atoms with E-state index in [0.29, 0.717) is 5.69 Å². The third kappa shape index (κ3) is 3.26. The molecular formula is C11H8INO5S. The fraction of sp³-hybridized carbons (Fsp3) is 0. The van der Waals surface area contributed by atoms with Gasteiger partial charge in [-0.3, -0.25) is 4.72 Å². The molecule has 0 fully saturated rings. The van der Waals surface area contributed by atoms with Gasteiger partial charge in [-0.25, -0.2) is 4.79 Å². The molecule has 1 aromatic heterocycles. The minimum Gasteiger partial charge on any atom is -0.475 e. The van der Waals surface area contributed by atoms with E-state index in [4.69, 9.17) is 9.52 Å². The molecular weight excluding hydrogens is 385 g/mol. The van der Waals surface area contributed by atoms with E-state index < -0.39 is 26.8 Å². The maximum Gasteiger partial charge on any atom is 0.371 e. The first-order valence-electron chi connectivity index (χ1n) is 5.00. The fourth-order valence-corrected chi connectivity index (χ4v) is 2.66. The van der Waals surface area contributed by atoms with Gasteiger partial charge in [0.25, 0.3) is 10.0 Å². The van der Waals surface area contributed by atoms with E-state index in [0.717, 1.165) is 15.7 Å². The molecule has 1 aromatic carbocycles. The third-order valence-electron chi connectivity index (χ3n) is 2.15. The van der Waals surface area contributed by atoms with Crippen molar-refractivity contribution in [3.05, 3.63) is 45.7 Å². The highest BCUT2D eigenvalue weighted by Gasteiger charge is 2.20. The molecule has 19 heavy (non-hydrogen) atoms. The summed E-state index contributed by atoms with van der Waals surface area (Å²) in [5.41, 5.74) is 0.369. The summed E-state index contributed by atoms with van der Waals surface area (Å²) in [4.78, 5) is 10.6. The number of furan rings is 1. The zero-order chi connectivity index (χ0) is 14.0. The fourth-order valence-electron chi connectivity index (χ4n) is 1.30. The highest BCUT2D eigenvalue weighted by Crippen LogP contribution is 2.19. The molecule has 0 saturated carbocycles. The van der Waals surface area contributed by atoms with Crippen LogP contribution in [0.4, 0.5) is 5.69 Å². The molecule has 0 bridgehead atoms. The number of halogens is 1. The Balaban J connectivity index is 2.26. The van der Waals surface area contributed by atoms with Crippen LogP contribution in [-0.2, 0) is 10.0 Å². The molecule has 6 nitrogen and oxygen atoms in total. The second-order valence-corrected chi connectivity index (χ2v) is 6.40. The van der Waals surface area contributed by atoms with E-state index in [2.05, 4.69) is 27.3 Å². The minimum absolute atomic E-state index is 0.369. The molecule has 100 valence electrons. The molecule has 0 saturated heterocycles. The van der Waals surface area contributed by atoms with Crippen molar-refractivity contribution in [2.75, 3.05) is 4.72 Å². The number of carboxylic acid groups (broad SMARTS) is 1. The lowest BCUT2D eigenvalue weighted by molar-refractivity contribution is 0.0656. The first-order valence-corrected chi connectivity index (χ1v) is 7.56. The van der Waals surface area contributed by atoms with Crippen LogP contribution in [0.15, 0.2) is 45.9 Å². The van der Waals surface area contributed by atoms with Crippen LogP contribution >= 0.6 is 22.6 Å². The molecule has 8 heteroatoms. The Hall–Kier alpha value is -1.55. The second-order valence-electron chi connectivity index (χ2n) is 3.54. The van der Waals surface area contributed by atoms with Gasteiger partial charge in [0.15, 0.2) is 0 Å². The number of nitrogens with one attached hydrogen (secondary N) is 1. The van der Waals surface area contributed by atoms with Crippen LogP contribution in [0.2, 0.25) is 0 Å². The predicted octanol–water partition coefficient (Wildman–Crippen LogP) is 2.38. The average molecular weight is 393 g/mol. The molecule has 0 radical (unpaired) electrons. The molecule has 1 heterocycles. The zero-order valence-electron chi connectivity index (χ0n) is 9.33. The quantitative estimate of drug-likeness (QED) is 0.778. The normalized spacial score (nSPS) is 11.2. The van der Waals surface area contributed by atoms with Crippen molar-refractivity contribution < 1.29 is 22.7 Å². The van der Waals surface area contributed by atoms with Crippen LogP contribution in [0.5, 0.6) is 0 Å². The lowest BCUT2D eigenvalue weighted by atomic mass is 10.3. The topological polar surface area (TPSA) is 96.6 Å². The molecule has 2 N–H and O–H groups in total. The van der Waals surface area contributed by atoms with Crippen LogP contribution < -0.4 is 4.72 Å². The van der Waals surface area contributed by atoms with Gasteiger partial charge in [0.1, 0.15) is 0 Å². The van der Waals surface area contributed by atoms with Crippen LogP contribution in [0.3, 0.4) is 0 Å². The molecule has 2 aromatic rings. The Morgan fingerprint density at radius 2 is 1.79 bits per heavy atom. The molecule has 0 aliphatic rings. The SMILES string of the molecule is O=C(O)c1ccc(S(=O)(=O)Nc2ccc(I)cc2)o1. The summed E-state index contributed by atoms with van der Waals surface area (Å²) in [5, 5.41) is 8.23. The van der Waals surface area contributed by atoms with Crippen molar-refractivity contribution >= 4 is 44.3 Å². The van der Waals surface area contributed by atoms with Gasteiger partial charge in [-0.15, -0.1) is 0 Å². The standard InChI is InChI=1S/C11H8INO5S/c12-7-1-3-8(4-2-7)13-19(16,17)10-6-5-9(18-10)11(14)15/h1-6,13H,(H,14,15). The molecule has 0 amide bonds. The molecule has 0 aliphatic heterocycles. The van der Waals surface area contributed by atoms with E-state index in [1.54, 1.807) is 24.3 Å². The Morgan fingerprint density at radius 3 is 2.32 bits per heavy atom. The van der Waals surface area contributed by atoms with Crippen molar-refractivity contribution in [2.45, 2.75) is 5.09 Å². The van der Waals surface area contributed by atoms with Gasteiger partial charge in [-0.05, 0) is 59.0 Å². The summed E-state index contributed by atoms with van der Waals surface area (Å²) in [6.45, 7) is 0. The summed E-state index contributed by atoms with van der Waals surface area (Å²) >= 11 is 2.09. The van der Waals surface area contributed by atoms with Gasteiger partial charge in [0, 0.05) is 9.26 Å². The summed E-state index contributed by atoms with van der Waals surface area (Å²) in [6, 6.07) is 8.86. The number of hydrogen-bond donors (Lipinski definition) is 2. The van der Waals surface area contributed by atoms with E-state index in [9.17, 15) is 13.2 Å². The third-order valence-corrected chi connectivity index (χ3v) is 4.13. The number of anilines is 1. The highest BCUT2D eigenvalue weighted by molar-refractivity contribution is 14.1. The number of aromatic carboxylic acids is 1. The second kappa shape index (κ2) is 5.21. The number of rotatable bonds is 4. The number of carbonyl (C=O) groups is 1. The minimum atomic E-state index is -3.92. The van der Waals surface area contributed by atoms with Crippen molar-refractivity contribution in [1.29, 1.82) is 0 Å². The van der Waals surface area contributed by atoms with E-state index in [1.807, 2.05) is 0 Å². The van der Waals surface area contributed by atoms with Gasteiger partial charge in [0.05, 0.1) is 0 Å². The molecule has 0 aliphatic carbocycles. The number of benzene rings is 1. The monoisotopic (exact) mass is 393 g/mol. The van der Waals surface area contributed by atoms with Crippen molar-refractivity contribution in [3.63, 3.8) is 0 Å². The van der Waals surface area contributed by atoms with Gasteiger partial charge < -0.3 is 9.52 Å². The lowest BCUT2D eigenvalue weighted by Gasteiger charge is -2.05. The first kappa shape index (κ1) is 13.9. The van der Waals surface area contributed by atoms with Crippen molar-refractivity contribution in [2.24, 2.45) is 0 Å². The number of carboxylic acids is 1. The molecule has 0 atom stereocenters. The van der Waals surface area contributed by atoms with Crippen molar-refractivity contribution in [1.82, 2.24) is 0 Å². The molecule has 0 unspecified atom stereocenters. The van der Waals surface area contributed by atoms with Crippen LogP contribution in [-0.4, -0.2) is 19.5 Å². The molecule has 0 spiro atoms. The lowest BCUT2D eigenvalue weighted by Crippen LogP contribution is -2.12. The largest absolute Gasteiger partial charge is 0.475 e. The average Bonchev–Trinajstić information content (AvgIpc) is 2.82. The smallest absolute Gasteiger partial charge is 0.371 e. The number of hydrogen-bond acceptors (Lipinski definition) is 4. The number of sulfonamides is 1. The Bertz CT molecular complexity index is 705. The van der Waals surface area contributed by atoms with Gasteiger partial charge >= 0.3 is 5.97 Å². The van der Waals surface area contributed by atoms with E-state index >= 15 is 0 Å². The highest BCUT2D eigenvalue weighted by atomic mass is 127. The zero-order valence-corrected chi connectivity index (χ0v) is 12.3. The van der Waals surface area contributed by atoms with E-state index in [1.165, 1.54) is 0 Å². The predicted molar refractivity (Wildman–Crippen MR) is 75.6 cm³/mol. The summed E-state index contributed by atoms with van der Waals surface area (Å²) in [6.07, 6.45) is 0. The summed E-state index contributed by atoms with van der Waals surface area (Å²) in [7, 11) is -3.92. The van der Waals surface area contributed by atoms with Crippen molar-refractivity contribution in [3.8, 4) is 0 Å². The Morgan fingerprint density at radius 1 is 1.16 bits per heavy atom. The summed E-state index contributed by atoms with van der Waals surface area (Å²) < 4.78 is 31.9.